The first-order valence-corrected chi connectivity index (χ1v) is 6.75. The van der Waals surface area contributed by atoms with Crippen molar-refractivity contribution in [3.8, 4) is 0 Å². The van der Waals surface area contributed by atoms with Crippen molar-refractivity contribution in [3.05, 3.63) is 35.4 Å². The van der Waals surface area contributed by atoms with Crippen LogP contribution in [0.5, 0.6) is 0 Å². The minimum absolute atomic E-state index is 0.368. The number of aromatic carboxylic acids is 1. The first-order valence-electron chi connectivity index (χ1n) is 6.75. The van der Waals surface area contributed by atoms with E-state index in [1.165, 1.54) is 0 Å². The molecule has 2 atom stereocenters. The molecule has 1 aliphatic rings. The Kier molecular flexibility index (Phi) is 4.22. The number of hydrogen-bond acceptors (Lipinski definition) is 3. The summed E-state index contributed by atoms with van der Waals surface area (Å²) in [6.45, 7) is 7.38. The summed E-state index contributed by atoms with van der Waals surface area (Å²) in [6.07, 6.45) is 0. The van der Waals surface area contributed by atoms with Crippen molar-refractivity contribution in [3.63, 3.8) is 0 Å². The maximum atomic E-state index is 11.0. The van der Waals surface area contributed by atoms with E-state index < -0.39 is 5.97 Å². The number of likely N-dealkylation sites (N-methyl/N-ethyl adjacent to an activating group) is 1. The molecule has 1 N–H and O–H groups in total. The summed E-state index contributed by atoms with van der Waals surface area (Å²) in [5.41, 5.74) is 1.44. The van der Waals surface area contributed by atoms with E-state index in [4.69, 9.17) is 5.11 Å². The van der Waals surface area contributed by atoms with Crippen LogP contribution >= 0.6 is 0 Å². The Morgan fingerprint density at radius 2 is 2.05 bits per heavy atom. The van der Waals surface area contributed by atoms with Crippen LogP contribution in [0.3, 0.4) is 0 Å². The quantitative estimate of drug-likeness (QED) is 0.903. The van der Waals surface area contributed by atoms with Crippen molar-refractivity contribution in [2.24, 2.45) is 0 Å². The number of carbonyl (C=O) groups is 1. The molecule has 0 bridgehead atoms. The third-order valence-corrected chi connectivity index (χ3v) is 4.27. The normalized spacial score (nSPS) is 25.4. The van der Waals surface area contributed by atoms with Crippen LogP contribution in [0, 0.1) is 0 Å². The van der Waals surface area contributed by atoms with Crippen molar-refractivity contribution in [1.82, 2.24) is 9.80 Å². The second-order valence-corrected chi connectivity index (χ2v) is 5.44. The Labute approximate surface area is 114 Å². The summed E-state index contributed by atoms with van der Waals surface area (Å²) in [7, 11) is 2.16. The van der Waals surface area contributed by atoms with Crippen molar-refractivity contribution >= 4 is 5.97 Å². The van der Waals surface area contributed by atoms with Gasteiger partial charge < -0.3 is 10.0 Å². The Bertz CT molecular complexity index is 461. The van der Waals surface area contributed by atoms with Crippen LogP contribution in [0.1, 0.15) is 29.8 Å². The Hall–Kier alpha value is -1.39. The molecule has 1 aliphatic heterocycles. The number of carboxylic acids is 1. The van der Waals surface area contributed by atoms with Gasteiger partial charge in [-0.05, 0) is 38.6 Å². The second kappa shape index (κ2) is 5.72. The highest BCUT2D eigenvalue weighted by atomic mass is 16.4. The van der Waals surface area contributed by atoms with E-state index in [-0.39, 0.29) is 0 Å². The first-order chi connectivity index (χ1) is 8.99. The molecule has 4 heteroatoms. The molecule has 1 heterocycles. The highest BCUT2D eigenvalue weighted by molar-refractivity contribution is 5.87. The standard InChI is InChI=1S/C15H22N2O2/c1-11-12(2)17(8-7-16(11)3)10-13-5-4-6-14(9-13)15(18)19/h4-6,9,11-12H,7-8,10H2,1-3H3,(H,18,19). The third-order valence-electron chi connectivity index (χ3n) is 4.27. The molecule has 0 aliphatic carbocycles. The van der Waals surface area contributed by atoms with Gasteiger partial charge in [-0.2, -0.15) is 0 Å². The van der Waals surface area contributed by atoms with Crippen LogP contribution in [0.15, 0.2) is 24.3 Å². The molecule has 4 nitrogen and oxygen atoms in total. The fourth-order valence-corrected chi connectivity index (χ4v) is 2.63. The maximum absolute atomic E-state index is 11.0. The van der Waals surface area contributed by atoms with Crippen LogP contribution < -0.4 is 0 Å². The van der Waals surface area contributed by atoms with Gasteiger partial charge in [-0.3, -0.25) is 4.90 Å². The Morgan fingerprint density at radius 1 is 1.32 bits per heavy atom. The van der Waals surface area contributed by atoms with Gasteiger partial charge in [0.05, 0.1) is 5.56 Å². The molecule has 0 radical (unpaired) electrons. The van der Waals surface area contributed by atoms with E-state index in [1.807, 2.05) is 12.1 Å². The number of hydrogen-bond donors (Lipinski definition) is 1. The highest BCUT2D eigenvalue weighted by Crippen LogP contribution is 2.18. The summed E-state index contributed by atoms with van der Waals surface area (Å²) in [4.78, 5) is 15.8. The van der Waals surface area contributed by atoms with Gasteiger partial charge in [0.1, 0.15) is 0 Å². The first kappa shape index (κ1) is 14.0. The lowest BCUT2D eigenvalue weighted by Gasteiger charge is -2.43. The van der Waals surface area contributed by atoms with Crippen LogP contribution in [0.25, 0.3) is 0 Å². The van der Waals surface area contributed by atoms with E-state index in [2.05, 4.69) is 30.7 Å². The monoisotopic (exact) mass is 262 g/mol. The zero-order valence-corrected chi connectivity index (χ0v) is 11.8. The van der Waals surface area contributed by atoms with Crippen molar-refractivity contribution in [2.75, 3.05) is 20.1 Å². The average molecular weight is 262 g/mol. The maximum Gasteiger partial charge on any atom is 0.335 e. The van der Waals surface area contributed by atoms with Gasteiger partial charge >= 0.3 is 5.97 Å². The lowest BCUT2D eigenvalue weighted by Crippen LogP contribution is -2.55. The number of benzene rings is 1. The smallest absolute Gasteiger partial charge is 0.335 e. The third kappa shape index (κ3) is 3.14. The van der Waals surface area contributed by atoms with Crippen molar-refractivity contribution in [2.45, 2.75) is 32.5 Å². The minimum atomic E-state index is -0.860. The molecule has 2 rings (SSSR count). The van der Waals surface area contributed by atoms with Gasteiger partial charge in [-0.25, -0.2) is 4.79 Å². The summed E-state index contributed by atoms with van der Waals surface area (Å²) in [5.74, 6) is -0.860. The molecule has 19 heavy (non-hydrogen) atoms. The summed E-state index contributed by atoms with van der Waals surface area (Å²) in [6, 6.07) is 8.24. The average Bonchev–Trinajstić information content (AvgIpc) is 2.40. The lowest BCUT2D eigenvalue weighted by molar-refractivity contribution is 0.0471. The molecule has 1 saturated heterocycles. The SMILES string of the molecule is CC1C(C)N(Cc2cccc(C(=O)O)c2)CCN1C. The van der Waals surface area contributed by atoms with E-state index >= 15 is 0 Å². The van der Waals surface area contributed by atoms with Crippen LogP contribution in [-0.2, 0) is 6.54 Å². The molecule has 0 spiro atoms. The van der Waals surface area contributed by atoms with Gasteiger partial charge in [0.15, 0.2) is 0 Å². The molecule has 2 unspecified atom stereocenters. The number of piperazine rings is 1. The zero-order chi connectivity index (χ0) is 14.0. The van der Waals surface area contributed by atoms with Gasteiger partial charge in [-0.1, -0.05) is 12.1 Å². The minimum Gasteiger partial charge on any atom is -0.478 e. The largest absolute Gasteiger partial charge is 0.478 e. The molecular weight excluding hydrogens is 240 g/mol. The fourth-order valence-electron chi connectivity index (χ4n) is 2.63. The fraction of sp³-hybridized carbons (Fsp3) is 0.533. The summed E-state index contributed by atoms with van der Waals surface area (Å²) in [5, 5.41) is 9.02. The topological polar surface area (TPSA) is 43.8 Å². The van der Waals surface area contributed by atoms with E-state index in [1.54, 1.807) is 12.1 Å². The van der Waals surface area contributed by atoms with Crippen LogP contribution in [0.2, 0.25) is 0 Å². The lowest BCUT2D eigenvalue weighted by atomic mass is 10.0. The molecule has 0 aromatic heterocycles. The van der Waals surface area contributed by atoms with E-state index in [9.17, 15) is 4.79 Å². The Morgan fingerprint density at radius 3 is 2.74 bits per heavy atom. The molecule has 1 aromatic rings. The molecule has 0 saturated carbocycles. The number of nitrogens with zero attached hydrogens (tertiary/aromatic N) is 2. The van der Waals surface area contributed by atoms with Gasteiger partial charge in [0.25, 0.3) is 0 Å². The molecular formula is C15H22N2O2. The van der Waals surface area contributed by atoms with Crippen molar-refractivity contribution < 1.29 is 9.90 Å². The highest BCUT2D eigenvalue weighted by Gasteiger charge is 2.28. The molecule has 1 aromatic carbocycles. The second-order valence-electron chi connectivity index (χ2n) is 5.44. The number of carboxylic acid groups (broad SMARTS) is 1. The summed E-state index contributed by atoms with van der Waals surface area (Å²) < 4.78 is 0. The van der Waals surface area contributed by atoms with Crippen LogP contribution in [0.4, 0.5) is 0 Å². The van der Waals surface area contributed by atoms with Crippen LogP contribution in [-0.4, -0.2) is 53.1 Å². The van der Waals surface area contributed by atoms with E-state index in [0.717, 1.165) is 25.2 Å². The van der Waals surface area contributed by atoms with Gasteiger partial charge in [0.2, 0.25) is 0 Å². The zero-order valence-electron chi connectivity index (χ0n) is 11.8. The Balaban J connectivity index is 2.09. The van der Waals surface area contributed by atoms with Gasteiger partial charge in [0, 0.05) is 31.7 Å². The van der Waals surface area contributed by atoms with E-state index in [0.29, 0.717) is 17.6 Å². The molecule has 0 amide bonds. The predicted octanol–water partition coefficient (Wildman–Crippen LogP) is 1.91. The van der Waals surface area contributed by atoms with Crippen molar-refractivity contribution in [1.29, 1.82) is 0 Å². The molecule has 1 fully saturated rings. The summed E-state index contributed by atoms with van der Waals surface area (Å²) >= 11 is 0. The predicted molar refractivity (Wildman–Crippen MR) is 75.4 cm³/mol. The number of rotatable bonds is 3. The van der Waals surface area contributed by atoms with Gasteiger partial charge in [-0.15, -0.1) is 0 Å². The molecule has 104 valence electrons.